The molecule has 2 aliphatic rings. The number of rotatable bonds is 8. The molecule has 0 aromatic carbocycles. The first-order valence-electron chi connectivity index (χ1n) is 24.9. The van der Waals surface area contributed by atoms with Crippen LogP contribution in [0.4, 0.5) is 9.59 Å². The molecule has 2 aliphatic heterocycles. The van der Waals surface area contributed by atoms with E-state index in [2.05, 4.69) is 54.7 Å². The summed E-state index contributed by atoms with van der Waals surface area (Å²) in [7, 11) is 0. The van der Waals surface area contributed by atoms with E-state index in [1.807, 2.05) is 117 Å². The highest BCUT2D eigenvalue weighted by molar-refractivity contribution is 7.14. The summed E-state index contributed by atoms with van der Waals surface area (Å²) in [4.78, 5) is 88.4. The molecule has 22 heteroatoms. The number of likely N-dealkylation sites (tertiary alicyclic amines) is 2. The van der Waals surface area contributed by atoms with Gasteiger partial charge in [-0.2, -0.15) is 19.8 Å². The summed E-state index contributed by atoms with van der Waals surface area (Å²) in [5.74, 6) is -0.207. The Morgan fingerprint density at radius 2 is 1.14 bits per heavy atom. The zero-order valence-electron chi connectivity index (χ0n) is 45.6. The normalized spacial score (nSPS) is 13.9. The first-order valence-corrected chi connectivity index (χ1v) is 26.6. The van der Waals surface area contributed by atoms with Gasteiger partial charge in [-0.25, -0.2) is 9.59 Å². The van der Waals surface area contributed by atoms with E-state index < -0.39 is 11.2 Å². The predicted octanol–water partition coefficient (Wildman–Crippen LogP) is 9.51. The summed E-state index contributed by atoms with van der Waals surface area (Å²) in [6.45, 7) is 26.0. The number of nitrogens with zero attached hydrogens (tertiary/aromatic N) is 6. The Morgan fingerprint density at radius 3 is 1.54 bits per heavy atom. The number of aromatic amines is 2. The van der Waals surface area contributed by atoms with E-state index >= 15 is 0 Å². The zero-order valence-corrected chi connectivity index (χ0v) is 48.0. The van der Waals surface area contributed by atoms with E-state index in [-0.39, 0.29) is 60.4 Å². The Balaban J connectivity index is 0.000000272. The number of ether oxygens (including phenoxy) is 2. The number of hydrogen-bond donors (Lipinski definition) is 4. The quantitative estimate of drug-likeness (QED) is 0.111. The Morgan fingerprint density at radius 1 is 0.711 bits per heavy atom. The number of amides is 3. The molecule has 76 heavy (non-hydrogen) atoms. The lowest BCUT2D eigenvalue weighted by molar-refractivity contribution is -0.191. The molecule has 6 aromatic heterocycles. The third-order valence-corrected chi connectivity index (χ3v) is 14.7. The number of halogens is 1. The molecule has 0 spiro atoms. The molecule has 3 amide bonds. The van der Waals surface area contributed by atoms with Crippen molar-refractivity contribution in [3.05, 3.63) is 125 Å². The molecule has 8 heterocycles. The fourth-order valence-electron chi connectivity index (χ4n) is 8.68. The summed E-state index contributed by atoms with van der Waals surface area (Å²) in [5.41, 5.74) is 13.8. The van der Waals surface area contributed by atoms with Crippen LogP contribution in [-0.4, -0.2) is 101 Å². The molecule has 2 saturated heterocycles. The van der Waals surface area contributed by atoms with Gasteiger partial charge >= 0.3 is 18.3 Å². The lowest BCUT2D eigenvalue weighted by Crippen LogP contribution is -2.42. The molecular weight excluding hydrogens is 1030 g/mol. The first kappa shape index (κ1) is 61.9. The molecule has 0 unspecified atom stereocenters. The second-order valence-corrected chi connectivity index (χ2v) is 22.5. The average molecular weight is 1110 g/mol. The molecule has 0 atom stereocenters. The average Bonchev–Trinajstić information content (AvgIpc) is 4.16. The molecule has 0 aliphatic carbocycles. The van der Waals surface area contributed by atoms with E-state index in [1.54, 1.807) is 21.1 Å². The van der Waals surface area contributed by atoms with Gasteiger partial charge in [-0.15, -0.1) is 35.1 Å². The Labute approximate surface area is 458 Å². The first-order chi connectivity index (χ1) is 35.3. The topological polar surface area (TPSA) is 250 Å². The number of carbonyl (C=O) groups excluding carboxylic acids is 5. The molecule has 5 N–H and O–H groups in total. The van der Waals surface area contributed by atoms with Gasteiger partial charge in [0.25, 0.3) is 17.0 Å². The molecule has 19 nitrogen and oxygen atoms in total. The highest BCUT2D eigenvalue weighted by atomic mass is 35.5. The van der Waals surface area contributed by atoms with Crippen LogP contribution >= 0.6 is 35.1 Å². The number of pyridine rings is 2. The summed E-state index contributed by atoms with van der Waals surface area (Å²) in [6.07, 6.45) is 11.1. The van der Waals surface area contributed by atoms with Crippen molar-refractivity contribution in [1.82, 2.24) is 44.6 Å². The van der Waals surface area contributed by atoms with Gasteiger partial charge < -0.3 is 40.3 Å². The Bertz CT molecular complexity index is 3060. The van der Waals surface area contributed by atoms with Gasteiger partial charge in [0.05, 0.1) is 30.0 Å². The fourth-order valence-corrected chi connectivity index (χ4v) is 10.6. The van der Waals surface area contributed by atoms with Crippen molar-refractivity contribution in [2.24, 2.45) is 5.73 Å². The van der Waals surface area contributed by atoms with Gasteiger partial charge in [-0.1, -0.05) is 0 Å². The maximum absolute atomic E-state index is 12.9. The van der Waals surface area contributed by atoms with Gasteiger partial charge in [0.1, 0.15) is 11.2 Å². The van der Waals surface area contributed by atoms with Crippen LogP contribution < -0.4 is 22.2 Å². The molecule has 0 saturated carbocycles. The van der Waals surface area contributed by atoms with E-state index in [4.69, 9.17) is 24.8 Å². The maximum Gasteiger partial charge on any atom is 0.410 e. The Kier molecular flexibility index (Phi) is 22.3. The highest BCUT2D eigenvalue weighted by Gasteiger charge is 2.30. The standard InChI is InChI=1S/C27H35N5O4S.C18H25N3O2S.C8H12N2O.CO2.ClH/c1-16-11-17(2)30-25(34)21(16)13-28-24(33)22-15-37-23(18(22)3)19-12-29-32(14-19)20-7-9-31(10-8-20)26(35)36-27(4,5)6;1-13-7-10-24-16(13)14-11-19-21(12-14)15-5-8-20(9-6-15)17(22)23-18(2,3)4;1-5-3-6(2)10-8(11)7(5)4-9;2-1-3;/h11-12,14-15,20H,7-10,13H2,1-6H3,(H,28,33)(H,30,34);7,10-12,15H,5-6,8-9H2,1-4H3;3H,4,9H2,1-2H3,(H,10,11);;1H. The number of hydrogen-bond acceptors (Lipinski definition) is 14. The van der Waals surface area contributed by atoms with Crippen LogP contribution in [-0.2, 0) is 32.2 Å². The summed E-state index contributed by atoms with van der Waals surface area (Å²) in [6, 6.07) is 6.50. The highest BCUT2D eigenvalue weighted by Crippen LogP contribution is 2.34. The number of piperidine rings is 2. The number of carbonyl (C=O) groups is 3. The number of aromatic nitrogens is 6. The molecule has 0 bridgehead atoms. The zero-order chi connectivity index (χ0) is 55.4. The van der Waals surface area contributed by atoms with Crippen LogP contribution in [0.25, 0.3) is 20.9 Å². The summed E-state index contributed by atoms with van der Waals surface area (Å²) >= 11 is 3.25. The van der Waals surface area contributed by atoms with Crippen LogP contribution in [0, 0.1) is 41.5 Å². The maximum atomic E-state index is 12.9. The molecule has 412 valence electrons. The van der Waals surface area contributed by atoms with Gasteiger partial charge in [0.2, 0.25) is 0 Å². The van der Waals surface area contributed by atoms with Gasteiger partial charge in [0, 0.05) is 100 Å². The molecule has 0 radical (unpaired) electrons. The van der Waals surface area contributed by atoms with Gasteiger partial charge in [-0.05, 0) is 155 Å². The smallest absolute Gasteiger partial charge is 0.410 e. The fraction of sp³-hybridized carbons (Fsp3) is 0.481. The minimum absolute atomic E-state index is 0. The third kappa shape index (κ3) is 17.2. The number of thiophene rings is 2. The van der Waals surface area contributed by atoms with Crippen LogP contribution in [0.3, 0.4) is 0 Å². The van der Waals surface area contributed by atoms with Crippen molar-refractivity contribution in [3.8, 4) is 20.9 Å². The molecular formula is C54H73ClN10O9S2. The number of H-pyrrole nitrogens is 2. The van der Waals surface area contributed by atoms with Gasteiger partial charge in [-0.3, -0.25) is 23.7 Å². The largest absolute Gasteiger partial charge is 0.444 e. The van der Waals surface area contributed by atoms with Crippen LogP contribution in [0.15, 0.2) is 63.3 Å². The van der Waals surface area contributed by atoms with Gasteiger partial charge in [0.15, 0.2) is 0 Å². The van der Waals surface area contributed by atoms with Crippen LogP contribution in [0.5, 0.6) is 0 Å². The second kappa shape index (κ2) is 27.4. The van der Waals surface area contributed by atoms with Crippen molar-refractivity contribution in [3.63, 3.8) is 0 Å². The van der Waals surface area contributed by atoms with Crippen molar-refractivity contribution >= 4 is 59.3 Å². The van der Waals surface area contributed by atoms with Crippen molar-refractivity contribution in [2.45, 2.75) is 145 Å². The summed E-state index contributed by atoms with van der Waals surface area (Å²) in [5, 5.41) is 16.0. The van der Waals surface area contributed by atoms with E-state index in [0.717, 1.165) is 64.2 Å². The van der Waals surface area contributed by atoms with E-state index in [0.29, 0.717) is 55.5 Å². The van der Waals surface area contributed by atoms with Crippen molar-refractivity contribution < 1.29 is 33.4 Å². The second-order valence-electron chi connectivity index (χ2n) is 20.7. The minimum Gasteiger partial charge on any atom is -0.444 e. The molecule has 6 aromatic rings. The van der Waals surface area contributed by atoms with Crippen molar-refractivity contribution in [2.75, 3.05) is 26.2 Å². The van der Waals surface area contributed by atoms with E-state index in [9.17, 15) is 24.0 Å². The Hall–Kier alpha value is -6.64. The monoisotopic (exact) mass is 1100 g/mol. The van der Waals surface area contributed by atoms with Crippen LogP contribution in [0.1, 0.15) is 134 Å². The number of aryl methyl sites for hydroxylation is 5. The van der Waals surface area contributed by atoms with Crippen molar-refractivity contribution in [1.29, 1.82) is 0 Å². The SMILES string of the molecule is Cc1cc(C)c(CN)c(=O)[nH]1.Cc1cc(C)c(CNC(=O)c2csc(-c3cnn(C4CCN(C(=O)OC(C)(C)C)CC4)c3)c2C)c(=O)[nH]1.Cc1ccsc1-c1cnn(C2CCN(C(=O)OC(C)(C)C)CC2)c1.Cl.O=C=O. The minimum atomic E-state index is -0.504. The lowest BCUT2D eigenvalue weighted by Gasteiger charge is -2.33. The van der Waals surface area contributed by atoms with E-state index in [1.165, 1.54) is 27.3 Å². The number of nitrogens with one attached hydrogen (secondary N) is 3. The molecule has 2 fully saturated rings. The third-order valence-electron chi connectivity index (χ3n) is 12.5. The number of nitrogens with two attached hydrogens (primary N) is 1. The lowest BCUT2D eigenvalue weighted by atomic mass is 10.1. The predicted molar refractivity (Wildman–Crippen MR) is 297 cm³/mol. The molecule has 8 rings (SSSR count). The summed E-state index contributed by atoms with van der Waals surface area (Å²) < 4.78 is 15.0. The van der Waals surface area contributed by atoms with Crippen LogP contribution in [0.2, 0.25) is 0 Å².